The molecule has 1 aromatic carbocycles. The van der Waals surface area contributed by atoms with Crippen LogP contribution in [-0.2, 0) is 14.8 Å². The Morgan fingerprint density at radius 3 is 2.54 bits per heavy atom. The minimum atomic E-state index is -3.55. The Hall–Kier alpha value is -2.23. The van der Waals surface area contributed by atoms with Crippen molar-refractivity contribution >= 4 is 21.8 Å². The van der Waals surface area contributed by atoms with E-state index in [4.69, 9.17) is 4.74 Å². The molecule has 3 rings (SSSR count). The quantitative estimate of drug-likeness (QED) is 0.676. The standard InChI is InChI=1S/C19H27N5O3S/c1-14-4-5-17(15(2)12-14)28(25,26)21-7-6-20-19-22-16(3)13-18(23-19)24-8-10-27-11-9-24/h4-5,12-13,21H,6-11H2,1-3H3,(H,20,22,23). The zero-order valence-electron chi connectivity index (χ0n) is 16.5. The van der Waals surface area contributed by atoms with Crippen molar-refractivity contribution in [2.45, 2.75) is 25.7 Å². The molecule has 9 heteroatoms. The highest BCUT2D eigenvalue weighted by Crippen LogP contribution is 2.17. The van der Waals surface area contributed by atoms with Crippen molar-refractivity contribution in [3.05, 3.63) is 41.1 Å². The van der Waals surface area contributed by atoms with E-state index in [9.17, 15) is 8.42 Å². The maximum atomic E-state index is 12.5. The van der Waals surface area contributed by atoms with Gasteiger partial charge in [0.05, 0.1) is 18.1 Å². The molecule has 0 bridgehead atoms. The highest BCUT2D eigenvalue weighted by Gasteiger charge is 2.17. The molecule has 1 aromatic heterocycles. The summed E-state index contributed by atoms with van der Waals surface area (Å²) in [5.41, 5.74) is 2.62. The van der Waals surface area contributed by atoms with Gasteiger partial charge in [-0.15, -0.1) is 0 Å². The minimum absolute atomic E-state index is 0.236. The number of ether oxygens (including phenoxy) is 1. The summed E-state index contributed by atoms with van der Waals surface area (Å²) in [5.74, 6) is 1.35. The topological polar surface area (TPSA) is 96.5 Å². The summed E-state index contributed by atoms with van der Waals surface area (Å²) in [6.07, 6.45) is 0. The second-order valence-electron chi connectivity index (χ2n) is 6.88. The van der Waals surface area contributed by atoms with Crippen LogP contribution in [0.15, 0.2) is 29.2 Å². The van der Waals surface area contributed by atoms with Gasteiger partial charge in [0.1, 0.15) is 5.82 Å². The van der Waals surface area contributed by atoms with Gasteiger partial charge in [-0.25, -0.2) is 18.1 Å². The van der Waals surface area contributed by atoms with Gasteiger partial charge in [0.15, 0.2) is 0 Å². The monoisotopic (exact) mass is 405 g/mol. The molecule has 0 aliphatic carbocycles. The molecule has 2 N–H and O–H groups in total. The molecule has 8 nitrogen and oxygen atoms in total. The van der Waals surface area contributed by atoms with Crippen LogP contribution in [0.5, 0.6) is 0 Å². The molecule has 1 fully saturated rings. The molecule has 0 spiro atoms. The van der Waals surface area contributed by atoms with Crippen LogP contribution in [0.2, 0.25) is 0 Å². The lowest BCUT2D eigenvalue weighted by molar-refractivity contribution is 0.122. The normalized spacial score (nSPS) is 14.9. The summed E-state index contributed by atoms with van der Waals surface area (Å²) < 4.78 is 33.0. The molecular weight excluding hydrogens is 378 g/mol. The van der Waals surface area contributed by atoms with Gasteiger partial charge in [-0.1, -0.05) is 17.7 Å². The van der Waals surface area contributed by atoms with Gasteiger partial charge in [-0.2, -0.15) is 4.98 Å². The van der Waals surface area contributed by atoms with Gasteiger partial charge in [0.2, 0.25) is 16.0 Å². The van der Waals surface area contributed by atoms with E-state index in [1.807, 2.05) is 26.0 Å². The Bertz CT molecular complexity index is 927. The molecule has 1 aliphatic heterocycles. The van der Waals surface area contributed by atoms with Gasteiger partial charge < -0.3 is 15.0 Å². The first kappa shape index (κ1) is 20.5. The van der Waals surface area contributed by atoms with Crippen molar-refractivity contribution in [2.75, 3.05) is 49.6 Å². The van der Waals surface area contributed by atoms with Crippen molar-refractivity contribution in [1.82, 2.24) is 14.7 Å². The number of rotatable bonds is 7. The minimum Gasteiger partial charge on any atom is -0.378 e. The summed E-state index contributed by atoms with van der Waals surface area (Å²) in [5, 5.41) is 3.11. The maximum Gasteiger partial charge on any atom is 0.240 e. The van der Waals surface area contributed by atoms with Gasteiger partial charge >= 0.3 is 0 Å². The fraction of sp³-hybridized carbons (Fsp3) is 0.474. The molecule has 0 radical (unpaired) electrons. The van der Waals surface area contributed by atoms with E-state index in [1.54, 1.807) is 19.1 Å². The predicted molar refractivity (Wildman–Crippen MR) is 109 cm³/mol. The first-order valence-electron chi connectivity index (χ1n) is 9.34. The average molecular weight is 406 g/mol. The smallest absolute Gasteiger partial charge is 0.240 e. The van der Waals surface area contributed by atoms with Crippen molar-refractivity contribution < 1.29 is 13.2 Å². The summed E-state index contributed by atoms with van der Waals surface area (Å²) in [7, 11) is -3.55. The van der Waals surface area contributed by atoms with Crippen LogP contribution < -0.4 is 14.9 Å². The molecule has 1 aliphatic rings. The van der Waals surface area contributed by atoms with Crippen LogP contribution in [0.25, 0.3) is 0 Å². The van der Waals surface area contributed by atoms with Crippen LogP contribution >= 0.6 is 0 Å². The lowest BCUT2D eigenvalue weighted by atomic mass is 10.2. The predicted octanol–water partition coefficient (Wildman–Crippen LogP) is 1.63. The van der Waals surface area contributed by atoms with E-state index >= 15 is 0 Å². The fourth-order valence-corrected chi connectivity index (χ4v) is 4.38. The average Bonchev–Trinajstić information content (AvgIpc) is 2.65. The Morgan fingerprint density at radius 2 is 1.82 bits per heavy atom. The molecule has 152 valence electrons. The van der Waals surface area contributed by atoms with Crippen molar-refractivity contribution in [2.24, 2.45) is 0 Å². The molecular formula is C19H27N5O3S. The first-order chi connectivity index (χ1) is 13.3. The molecule has 0 atom stereocenters. The number of aromatic nitrogens is 2. The maximum absolute atomic E-state index is 12.5. The third-order valence-corrected chi connectivity index (χ3v) is 6.12. The zero-order chi connectivity index (χ0) is 20.1. The van der Waals surface area contributed by atoms with E-state index in [1.165, 1.54) is 0 Å². The number of hydrogen-bond acceptors (Lipinski definition) is 7. The van der Waals surface area contributed by atoms with E-state index in [0.717, 1.165) is 35.7 Å². The summed E-state index contributed by atoms with van der Waals surface area (Å²) in [4.78, 5) is 11.4. The van der Waals surface area contributed by atoms with Crippen LogP contribution in [0.4, 0.5) is 11.8 Å². The molecule has 1 saturated heterocycles. The number of aryl methyl sites for hydroxylation is 3. The van der Waals surface area contributed by atoms with Gasteiger partial charge in [0, 0.05) is 37.9 Å². The summed E-state index contributed by atoms with van der Waals surface area (Å²) >= 11 is 0. The van der Waals surface area contributed by atoms with Gasteiger partial charge in [-0.05, 0) is 32.4 Å². The SMILES string of the molecule is Cc1ccc(S(=O)(=O)NCCNc2nc(C)cc(N3CCOCC3)n2)c(C)c1. The second-order valence-corrected chi connectivity index (χ2v) is 8.62. The van der Waals surface area contributed by atoms with Crippen LogP contribution in [0.1, 0.15) is 16.8 Å². The number of hydrogen-bond donors (Lipinski definition) is 2. The number of anilines is 2. The largest absolute Gasteiger partial charge is 0.378 e. The molecule has 0 unspecified atom stereocenters. The van der Waals surface area contributed by atoms with E-state index < -0.39 is 10.0 Å². The van der Waals surface area contributed by atoms with Crippen LogP contribution in [-0.4, -0.2) is 57.8 Å². The highest BCUT2D eigenvalue weighted by atomic mass is 32.2. The molecule has 0 saturated carbocycles. The fourth-order valence-electron chi connectivity index (χ4n) is 3.12. The number of nitrogens with one attached hydrogen (secondary N) is 2. The van der Waals surface area contributed by atoms with E-state index in [-0.39, 0.29) is 6.54 Å². The second kappa shape index (κ2) is 8.85. The van der Waals surface area contributed by atoms with Gasteiger partial charge in [-0.3, -0.25) is 0 Å². The number of sulfonamides is 1. The lowest BCUT2D eigenvalue weighted by Gasteiger charge is -2.28. The Balaban J connectivity index is 1.58. The van der Waals surface area contributed by atoms with Crippen molar-refractivity contribution in [1.29, 1.82) is 0 Å². The Labute approximate surface area is 166 Å². The van der Waals surface area contributed by atoms with Crippen LogP contribution in [0.3, 0.4) is 0 Å². The van der Waals surface area contributed by atoms with E-state index in [2.05, 4.69) is 24.9 Å². The summed E-state index contributed by atoms with van der Waals surface area (Å²) in [6, 6.07) is 7.24. The van der Waals surface area contributed by atoms with Crippen molar-refractivity contribution in [3.8, 4) is 0 Å². The first-order valence-corrected chi connectivity index (χ1v) is 10.8. The van der Waals surface area contributed by atoms with Crippen molar-refractivity contribution in [3.63, 3.8) is 0 Å². The molecule has 2 heterocycles. The van der Waals surface area contributed by atoms with Gasteiger partial charge in [0.25, 0.3) is 0 Å². The Morgan fingerprint density at radius 1 is 1.07 bits per heavy atom. The Kier molecular flexibility index (Phi) is 6.48. The van der Waals surface area contributed by atoms with Crippen LogP contribution in [0, 0.1) is 20.8 Å². The lowest BCUT2D eigenvalue weighted by Crippen LogP contribution is -2.37. The summed E-state index contributed by atoms with van der Waals surface area (Å²) in [6.45, 7) is 9.24. The molecule has 2 aromatic rings. The molecule has 28 heavy (non-hydrogen) atoms. The number of benzene rings is 1. The molecule has 0 amide bonds. The highest BCUT2D eigenvalue weighted by molar-refractivity contribution is 7.89. The number of nitrogens with zero attached hydrogens (tertiary/aromatic N) is 3. The van der Waals surface area contributed by atoms with E-state index in [0.29, 0.717) is 30.6 Å². The number of morpholine rings is 1. The third kappa shape index (κ3) is 5.18. The third-order valence-electron chi connectivity index (χ3n) is 4.50. The zero-order valence-corrected chi connectivity index (χ0v) is 17.3.